The molecule has 0 amide bonds. The van der Waals surface area contributed by atoms with Gasteiger partial charge in [0.25, 0.3) is 0 Å². The highest BCUT2D eigenvalue weighted by molar-refractivity contribution is 6.30. The second kappa shape index (κ2) is 6.41. The second-order valence-corrected chi connectivity index (χ2v) is 6.25. The monoisotopic (exact) mass is 404 g/mol. The van der Waals surface area contributed by atoms with E-state index in [-0.39, 0.29) is 17.1 Å². The van der Waals surface area contributed by atoms with Crippen LogP contribution in [0.5, 0.6) is 17.2 Å². The predicted molar refractivity (Wildman–Crippen MR) is 88.8 cm³/mol. The molecule has 9 heteroatoms. The summed E-state index contributed by atoms with van der Waals surface area (Å²) in [5.74, 6) is -1.72. The molecule has 0 saturated heterocycles. The lowest BCUT2D eigenvalue weighted by molar-refractivity contribution is -0.204. The van der Waals surface area contributed by atoms with Crippen LogP contribution in [0.2, 0.25) is 5.02 Å². The number of halogens is 5. The lowest BCUT2D eigenvalue weighted by Crippen LogP contribution is -2.50. The van der Waals surface area contributed by atoms with Gasteiger partial charge in [0.05, 0.1) is 5.56 Å². The van der Waals surface area contributed by atoms with Crippen molar-refractivity contribution in [2.75, 3.05) is 0 Å². The molecule has 1 unspecified atom stereocenters. The molecular formula is C17H9Cl2F3O4. The van der Waals surface area contributed by atoms with E-state index in [1.165, 1.54) is 24.3 Å². The van der Waals surface area contributed by atoms with Crippen LogP contribution in [0.3, 0.4) is 0 Å². The van der Waals surface area contributed by atoms with E-state index in [2.05, 4.69) is 0 Å². The van der Waals surface area contributed by atoms with E-state index in [1.54, 1.807) is 18.2 Å². The zero-order chi connectivity index (χ0) is 19.1. The maximum Gasteiger partial charge on any atom is 0.448 e. The molecule has 0 bridgehead atoms. The molecule has 1 aliphatic heterocycles. The summed E-state index contributed by atoms with van der Waals surface area (Å²) in [6.45, 7) is 0. The number of carboxylic acid groups (broad SMARTS) is 1. The number of benzene rings is 2. The highest BCUT2D eigenvalue weighted by atomic mass is 35.5. The number of rotatable bonds is 3. The summed E-state index contributed by atoms with van der Waals surface area (Å²) in [5.41, 5.74) is -1.15. The summed E-state index contributed by atoms with van der Waals surface area (Å²) in [6.07, 6.45) is -4.36. The number of carbonyl (C=O) groups is 1. The van der Waals surface area contributed by atoms with E-state index in [0.717, 1.165) is 6.08 Å². The minimum atomic E-state index is -5.15. The van der Waals surface area contributed by atoms with Crippen LogP contribution in [0.25, 0.3) is 6.08 Å². The Labute approximate surface area is 155 Å². The van der Waals surface area contributed by atoms with Crippen molar-refractivity contribution in [3.05, 3.63) is 58.6 Å². The van der Waals surface area contributed by atoms with Gasteiger partial charge in [-0.15, -0.1) is 0 Å². The highest BCUT2D eigenvalue weighted by Gasteiger charge is 2.62. The maximum atomic E-state index is 13.3. The molecule has 1 atom stereocenters. The Kier molecular flexibility index (Phi) is 4.54. The first-order valence-electron chi connectivity index (χ1n) is 7.08. The average Bonchev–Trinajstić information content (AvgIpc) is 2.53. The van der Waals surface area contributed by atoms with Crippen molar-refractivity contribution >= 4 is 35.2 Å². The lowest BCUT2D eigenvalue weighted by atomic mass is 10.00. The molecule has 0 fully saturated rings. The van der Waals surface area contributed by atoms with Crippen LogP contribution in [0, 0.1) is 0 Å². The molecule has 0 radical (unpaired) electrons. The quantitative estimate of drug-likeness (QED) is 0.687. The SMILES string of the molecule is O=C(O)C1=Cc2c(Oc3cccc(Cl)c3)cccc2OC1(Cl)C(F)(F)F. The van der Waals surface area contributed by atoms with Gasteiger partial charge in [-0.3, -0.25) is 0 Å². The first-order chi connectivity index (χ1) is 12.1. The average molecular weight is 405 g/mol. The summed E-state index contributed by atoms with van der Waals surface area (Å²) < 4.78 is 50.4. The Morgan fingerprint density at radius 1 is 1.19 bits per heavy atom. The van der Waals surface area contributed by atoms with Crippen LogP contribution in [0.15, 0.2) is 48.0 Å². The van der Waals surface area contributed by atoms with Crippen molar-refractivity contribution < 1.29 is 32.5 Å². The third kappa shape index (κ3) is 3.20. The van der Waals surface area contributed by atoms with Gasteiger partial charge in [-0.2, -0.15) is 13.2 Å². The van der Waals surface area contributed by atoms with Gasteiger partial charge in [-0.25, -0.2) is 4.79 Å². The topological polar surface area (TPSA) is 55.8 Å². The normalized spacial score (nSPS) is 19.2. The fraction of sp³-hybridized carbons (Fsp3) is 0.118. The van der Waals surface area contributed by atoms with Gasteiger partial charge < -0.3 is 14.6 Å². The third-order valence-corrected chi connectivity index (χ3v) is 4.26. The molecule has 0 saturated carbocycles. The molecule has 3 rings (SSSR count). The molecule has 0 aromatic heterocycles. The molecule has 1 heterocycles. The van der Waals surface area contributed by atoms with E-state index >= 15 is 0 Å². The minimum absolute atomic E-state index is 0.0189. The first-order valence-corrected chi connectivity index (χ1v) is 7.84. The highest BCUT2D eigenvalue weighted by Crippen LogP contribution is 2.50. The maximum absolute atomic E-state index is 13.3. The van der Waals surface area contributed by atoms with Crippen molar-refractivity contribution in [1.29, 1.82) is 0 Å². The molecule has 1 aliphatic rings. The van der Waals surface area contributed by atoms with Crippen molar-refractivity contribution in [2.45, 2.75) is 11.2 Å². The van der Waals surface area contributed by atoms with E-state index in [0.29, 0.717) is 10.8 Å². The second-order valence-electron chi connectivity index (χ2n) is 5.29. The molecule has 0 aliphatic carbocycles. The number of aliphatic carboxylic acids is 1. The number of carboxylic acids is 1. The van der Waals surface area contributed by atoms with Crippen LogP contribution in [0.4, 0.5) is 13.2 Å². The molecule has 0 spiro atoms. The summed E-state index contributed by atoms with van der Waals surface area (Å²) >= 11 is 11.4. The summed E-state index contributed by atoms with van der Waals surface area (Å²) in [7, 11) is 0. The molecule has 4 nitrogen and oxygen atoms in total. The van der Waals surface area contributed by atoms with Crippen LogP contribution >= 0.6 is 23.2 Å². The minimum Gasteiger partial charge on any atom is -0.478 e. The number of hydrogen-bond donors (Lipinski definition) is 1. The van der Waals surface area contributed by atoms with Gasteiger partial charge in [0.2, 0.25) is 0 Å². The molecular weight excluding hydrogens is 396 g/mol. The van der Waals surface area contributed by atoms with E-state index < -0.39 is 22.8 Å². The van der Waals surface area contributed by atoms with Crippen LogP contribution < -0.4 is 9.47 Å². The Morgan fingerprint density at radius 2 is 1.88 bits per heavy atom. The first kappa shape index (κ1) is 18.4. The number of alkyl halides is 4. The van der Waals surface area contributed by atoms with Gasteiger partial charge in [-0.1, -0.05) is 35.3 Å². The number of fused-ring (bicyclic) bond motifs is 1. The molecule has 2 aromatic rings. The number of hydrogen-bond acceptors (Lipinski definition) is 3. The summed E-state index contributed by atoms with van der Waals surface area (Å²) in [4.78, 5) is 11.3. The Bertz CT molecular complexity index is 911. The third-order valence-electron chi connectivity index (χ3n) is 3.53. The smallest absolute Gasteiger partial charge is 0.448 e. The van der Waals surface area contributed by atoms with Gasteiger partial charge in [0, 0.05) is 5.02 Å². The Hall–Kier alpha value is -2.38. The van der Waals surface area contributed by atoms with Gasteiger partial charge in [0.15, 0.2) is 0 Å². The zero-order valence-corrected chi connectivity index (χ0v) is 14.2. The largest absolute Gasteiger partial charge is 0.478 e. The summed E-state index contributed by atoms with van der Waals surface area (Å²) in [6, 6.07) is 10.4. The number of ether oxygens (including phenoxy) is 2. The fourth-order valence-electron chi connectivity index (χ4n) is 2.36. The predicted octanol–water partition coefficient (Wildman–Crippen LogP) is 5.49. The van der Waals surface area contributed by atoms with E-state index in [4.69, 9.17) is 32.7 Å². The van der Waals surface area contributed by atoms with Gasteiger partial charge in [0.1, 0.15) is 22.8 Å². The van der Waals surface area contributed by atoms with E-state index in [9.17, 15) is 23.1 Å². The lowest BCUT2D eigenvalue weighted by Gasteiger charge is -2.34. The van der Waals surface area contributed by atoms with Crippen LogP contribution in [-0.2, 0) is 4.79 Å². The summed E-state index contributed by atoms with van der Waals surface area (Å²) in [5, 5.41) is 6.08. The Balaban J connectivity index is 2.11. The zero-order valence-electron chi connectivity index (χ0n) is 12.7. The van der Waals surface area contributed by atoms with Crippen molar-refractivity contribution in [1.82, 2.24) is 0 Å². The Morgan fingerprint density at radius 3 is 2.50 bits per heavy atom. The van der Waals surface area contributed by atoms with Crippen LogP contribution in [0.1, 0.15) is 5.56 Å². The van der Waals surface area contributed by atoms with Gasteiger partial charge >= 0.3 is 17.2 Å². The van der Waals surface area contributed by atoms with Crippen molar-refractivity contribution in [3.8, 4) is 17.2 Å². The van der Waals surface area contributed by atoms with Gasteiger partial charge in [-0.05, 0) is 36.4 Å². The molecule has 136 valence electrons. The van der Waals surface area contributed by atoms with Crippen LogP contribution in [-0.4, -0.2) is 22.3 Å². The fourth-order valence-corrected chi connectivity index (χ4v) is 2.75. The molecule has 2 aromatic carbocycles. The van der Waals surface area contributed by atoms with Crippen molar-refractivity contribution in [2.24, 2.45) is 0 Å². The molecule has 26 heavy (non-hydrogen) atoms. The van der Waals surface area contributed by atoms with E-state index in [1.807, 2.05) is 0 Å². The van der Waals surface area contributed by atoms with Crippen molar-refractivity contribution in [3.63, 3.8) is 0 Å². The molecule has 1 N–H and O–H groups in total. The standard InChI is InChI=1S/C17H9Cl2F3O4/c18-9-3-1-4-10(7-9)25-13-5-2-6-14-11(13)8-12(15(23)24)16(19,26-14)17(20,21)22/h1-8H,(H,23,24).